The molecule has 6 heteroatoms. The summed E-state index contributed by atoms with van der Waals surface area (Å²) in [5.41, 5.74) is 6.51. The number of allylic oxidation sites excluding steroid dienone is 6. The molecule has 36 heavy (non-hydrogen) atoms. The first-order chi connectivity index (χ1) is 17.2. The maximum absolute atomic E-state index is 12.9. The molecule has 2 rings (SSSR count). The Balaban J connectivity index is 2.28. The summed E-state index contributed by atoms with van der Waals surface area (Å²) < 4.78 is 27.2. The number of hydrogen-bond acceptors (Lipinski definition) is 6. The van der Waals surface area contributed by atoms with Crippen molar-refractivity contribution in [2.75, 3.05) is 53.4 Å². The van der Waals surface area contributed by atoms with Crippen LogP contribution in [0, 0.1) is 0 Å². The fourth-order valence-corrected chi connectivity index (χ4v) is 4.66. The second-order valence-corrected chi connectivity index (χ2v) is 8.96. The number of methoxy groups -OCH3 is 1. The quantitative estimate of drug-likeness (QED) is 0.219. The zero-order chi connectivity index (χ0) is 26.7. The molecule has 1 aliphatic carbocycles. The summed E-state index contributed by atoms with van der Waals surface area (Å²) in [6.07, 6.45) is 2.97. The van der Waals surface area contributed by atoms with E-state index >= 15 is 0 Å². The van der Waals surface area contributed by atoms with Crippen molar-refractivity contribution in [1.29, 1.82) is 0 Å². The third kappa shape index (κ3) is 6.96. The molecule has 0 bridgehead atoms. The lowest BCUT2D eigenvalue weighted by Gasteiger charge is -2.32. The number of benzene rings is 1. The Morgan fingerprint density at radius 2 is 1.69 bits per heavy atom. The van der Waals surface area contributed by atoms with E-state index < -0.39 is 11.4 Å². The van der Waals surface area contributed by atoms with Crippen LogP contribution in [-0.2, 0) is 24.4 Å². The standard InChI is InChI=1S/C30H42O6/c1-9-26-22(5)23(6)27(19-21(3)4)30(26,7)24-11-12-28(25(20-24)29(31)35-10-2)36-18-17-34-16-15-33-14-13-32-8/h11-12,19-20H,3,6,9-10,13-18H2,1-2,4-5,7-8H3/b27-19+. The van der Waals surface area contributed by atoms with Crippen molar-refractivity contribution in [3.05, 3.63) is 76.4 Å². The summed E-state index contributed by atoms with van der Waals surface area (Å²) in [6, 6.07) is 5.77. The Hall–Kier alpha value is -2.67. The normalized spacial score (nSPS) is 18.7. The Labute approximate surface area is 216 Å². The van der Waals surface area contributed by atoms with Crippen LogP contribution in [0.2, 0.25) is 0 Å². The Morgan fingerprint density at radius 3 is 2.28 bits per heavy atom. The van der Waals surface area contributed by atoms with Gasteiger partial charge in [-0.15, -0.1) is 0 Å². The number of hydrogen-bond donors (Lipinski definition) is 0. The fourth-order valence-electron chi connectivity index (χ4n) is 4.66. The molecule has 0 radical (unpaired) electrons. The van der Waals surface area contributed by atoms with Gasteiger partial charge in [-0.1, -0.05) is 43.4 Å². The third-order valence-electron chi connectivity index (χ3n) is 6.46. The molecule has 0 aliphatic heterocycles. The Bertz CT molecular complexity index is 1000. The van der Waals surface area contributed by atoms with Crippen molar-refractivity contribution in [3.63, 3.8) is 0 Å². The van der Waals surface area contributed by atoms with Crippen LogP contribution < -0.4 is 4.74 Å². The lowest BCUT2D eigenvalue weighted by Crippen LogP contribution is -2.25. The summed E-state index contributed by atoms with van der Waals surface area (Å²) in [5.74, 6) is 0.0631. The van der Waals surface area contributed by atoms with E-state index in [4.69, 9.17) is 23.7 Å². The first-order valence-corrected chi connectivity index (χ1v) is 12.6. The van der Waals surface area contributed by atoms with E-state index in [1.807, 2.05) is 25.1 Å². The molecule has 1 atom stereocenters. The van der Waals surface area contributed by atoms with Gasteiger partial charge in [0.15, 0.2) is 0 Å². The average molecular weight is 499 g/mol. The van der Waals surface area contributed by atoms with Gasteiger partial charge in [-0.25, -0.2) is 4.79 Å². The Kier molecular flexibility index (Phi) is 11.6. The van der Waals surface area contributed by atoms with Crippen LogP contribution in [0.3, 0.4) is 0 Å². The van der Waals surface area contributed by atoms with Gasteiger partial charge in [-0.05, 0) is 68.5 Å². The lowest BCUT2D eigenvalue weighted by atomic mass is 9.71. The van der Waals surface area contributed by atoms with Gasteiger partial charge in [0, 0.05) is 12.5 Å². The van der Waals surface area contributed by atoms with Gasteiger partial charge in [0.05, 0.1) is 39.6 Å². The molecule has 0 N–H and O–H groups in total. The van der Waals surface area contributed by atoms with Crippen molar-refractivity contribution in [1.82, 2.24) is 0 Å². The number of carbonyl (C=O) groups excluding carboxylic acids is 1. The highest BCUT2D eigenvalue weighted by Crippen LogP contribution is 2.53. The van der Waals surface area contributed by atoms with Crippen molar-refractivity contribution >= 4 is 5.97 Å². The SMILES string of the molecule is C=C(C)/C=C1\C(=C)C(C)=C(CC)C1(C)c1ccc(OCCOCCOCCOC)c(C(=O)OCC)c1. The smallest absolute Gasteiger partial charge is 0.341 e. The second-order valence-electron chi connectivity index (χ2n) is 8.96. The molecule has 0 saturated carbocycles. The highest BCUT2D eigenvalue weighted by atomic mass is 16.6. The van der Waals surface area contributed by atoms with Crippen LogP contribution in [0.25, 0.3) is 0 Å². The zero-order valence-corrected chi connectivity index (χ0v) is 22.8. The molecule has 6 nitrogen and oxygen atoms in total. The maximum Gasteiger partial charge on any atom is 0.341 e. The van der Waals surface area contributed by atoms with Crippen LogP contribution in [0.4, 0.5) is 0 Å². The summed E-state index contributed by atoms with van der Waals surface area (Å²) in [5, 5.41) is 0. The van der Waals surface area contributed by atoms with E-state index in [1.165, 1.54) is 11.1 Å². The number of rotatable bonds is 15. The van der Waals surface area contributed by atoms with Crippen LogP contribution in [0.1, 0.15) is 57.0 Å². The monoisotopic (exact) mass is 498 g/mol. The molecular formula is C30H42O6. The summed E-state index contributed by atoms with van der Waals surface area (Å²) in [7, 11) is 1.64. The molecule has 1 unspecified atom stereocenters. The highest BCUT2D eigenvalue weighted by molar-refractivity contribution is 5.93. The predicted octanol–water partition coefficient (Wildman–Crippen LogP) is 5.98. The topological polar surface area (TPSA) is 63.2 Å². The van der Waals surface area contributed by atoms with Crippen LogP contribution in [0.5, 0.6) is 5.75 Å². The van der Waals surface area contributed by atoms with Crippen molar-refractivity contribution in [2.24, 2.45) is 0 Å². The maximum atomic E-state index is 12.9. The molecule has 0 fully saturated rings. The first-order valence-electron chi connectivity index (χ1n) is 12.6. The van der Waals surface area contributed by atoms with E-state index in [0.29, 0.717) is 51.0 Å². The minimum absolute atomic E-state index is 0.281. The van der Waals surface area contributed by atoms with E-state index in [9.17, 15) is 4.79 Å². The van der Waals surface area contributed by atoms with Crippen LogP contribution in [-0.4, -0.2) is 59.3 Å². The van der Waals surface area contributed by atoms with Crippen molar-refractivity contribution in [2.45, 2.75) is 46.5 Å². The van der Waals surface area contributed by atoms with E-state index in [-0.39, 0.29) is 6.61 Å². The summed E-state index contributed by atoms with van der Waals surface area (Å²) in [4.78, 5) is 12.9. The predicted molar refractivity (Wildman–Crippen MR) is 144 cm³/mol. The number of carbonyl (C=O) groups is 1. The molecule has 0 heterocycles. The zero-order valence-electron chi connectivity index (χ0n) is 22.8. The first kappa shape index (κ1) is 29.6. The lowest BCUT2D eigenvalue weighted by molar-refractivity contribution is 0.0178. The molecule has 0 amide bonds. The fraction of sp³-hybridized carbons (Fsp3) is 0.500. The molecule has 0 aromatic heterocycles. The minimum atomic E-state index is -0.430. The van der Waals surface area contributed by atoms with Crippen LogP contribution in [0.15, 0.2) is 65.3 Å². The van der Waals surface area contributed by atoms with Gasteiger partial charge in [0.1, 0.15) is 17.9 Å². The average Bonchev–Trinajstić information content (AvgIpc) is 3.03. The largest absolute Gasteiger partial charge is 0.490 e. The van der Waals surface area contributed by atoms with Crippen LogP contribution >= 0.6 is 0 Å². The second kappa shape index (κ2) is 14.2. The number of esters is 1. The van der Waals surface area contributed by atoms with Crippen molar-refractivity contribution in [3.8, 4) is 5.75 Å². The van der Waals surface area contributed by atoms with Crippen molar-refractivity contribution < 1.29 is 28.5 Å². The minimum Gasteiger partial charge on any atom is -0.490 e. The van der Waals surface area contributed by atoms with Gasteiger partial charge >= 0.3 is 5.97 Å². The number of ether oxygens (including phenoxy) is 5. The van der Waals surface area contributed by atoms with Gasteiger partial charge < -0.3 is 23.7 Å². The summed E-state index contributed by atoms with van der Waals surface area (Å²) in [6.45, 7) is 21.7. The summed E-state index contributed by atoms with van der Waals surface area (Å²) >= 11 is 0. The molecule has 1 aromatic rings. The highest BCUT2D eigenvalue weighted by Gasteiger charge is 2.42. The van der Waals surface area contributed by atoms with Gasteiger partial charge in [0.25, 0.3) is 0 Å². The molecule has 1 aliphatic rings. The third-order valence-corrected chi connectivity index (χ3v) is 6.46. The van der Waals surface area contributed by atoms with Gasteiger partial charge in [-0.3, -0.25) is 0 Å². The van der Waals surface area contributed by atoms with Gasteiger partial charge in [0.2, 0.25) is 0 Å². The van der Waals surface area contributed by atoms with E-state index in [2.05, 4.69) is 40.0 Å². The molecule has 0 saturated heterocycles. The molecule has 198 valence electrons. The molecule has 0 spiro atoms. The molecular weight excluding hydrogens is 456 g/mol. The Morgan fingerprint density at radius 1 is 1.06 bits per heavy atom. The van der Waals surface area contributed by atoms with E-state index in [0.717, 1.165) is 28.7 Å². The van der Waals surface area contributed by atoms with E-state index in [1.54, 1.807) is 14.0 Å². The van der Waals surface area contributed by atoms with Gasteiger partial charge in [-0.2, -0.15) is 0 Å². The molecule has 1 aromatic carbocycles.